The Balaban J connectivity index is 0.000000344. The lowest BCUT2D eigenvalue weighted by atomic mass is 9.80. The summed E-state index contributed by atoms with van der Waals surface area (Å²) >= 11 is 0. The number of hydrogen-bond acceptors (Lipinski definition) is 8. The summed E-state index contributed by atoms with van der Waals surface area (Å²) in [4.78, 5) is 50.4. The van der Waals surface area contributed by atoms with Gasteiger partial charge < -0.3 is 19.3 Å². The molecule has 12 nitrogen and oxygen atoms in total. The van der Waals surface area contributed by atoms with E-state index in [0.717, 1.165) is 31.9 Å². The van der Waals surface area contributed by atoms with Crippen LogP contribution in [0, 0.1) is 0 Å². The van der Waals surface area contributed by atoms with Gasteiger partial charge >= 0.3 is 11.4 Å². The molecule has 0 radical (unpaired) electrons. The second kappa shape index (κ2) is 16.4. The number of aromatic amines is 2. The molecule has 2 fully saturated rings. The molecule has 2 aliphatic heterocycles. The number of nitrogens with one attached hydrogen (secondary N) is 2. The third kappa shape index (κ3) is 8.26. The van der Waals surface area contributed by atoms with Gasteiger partial charge in [0.15, 0.2) is 23.8 Å². The van der Waals surface area contributed by atoms with E-state index < -0.39 is 64.1 Å². The van der Waals surface area contributed by atoms with Gasteiger partial charge in [-0.3, -0.25) is 28.7 Å². The molecule has 54 heavy (non-hydrogen) atoms. The van der Waals surface area contributed by atoms with Crippen LogP contribution in [0.2, 0.25) is 0 Å². The molecule has 0 unspecified atom stereocenters. The molecule has 0 spiro atoms. The average molecular weight is 755 g/mol. The van der Waals surface area contributed by atoms with Crippen LogP contribution in [0.4, 0.5) is 8.78 Å². The lowest BCUT2D eigenvalue weighted by Gasteiger charge is -2.36. The Kier molecular flexibility index (Phi) is 11.2. The number of hydrogen-bond donors (Lipinski definition) is 3. The van der Waals surface area contributed by atoms with Crippen molar-refractivity contribution in [1.29, 1.82) is 0 Å². The zero-order valence-corrected chi connectivity index (χ0v) is 29.1. The molecule has 7 rings (SSSR count). The van der Waals surface area contributed by atoms with E-state index in [4.69, 9.17) is 25.3 Å². The zero-order chi connectivity index (χ0) is 41.8. The molecular formula is C40H48F2N4O8. The lowest BCUT2D eigenvalue weighted by molar-refractivity contribution is -0.0914. The molecule has 2 saturated heterocycles. The van der Waals surface area contributed by atoms with Crippen molar-refractivity contribution >= 4 is 0 Å². The molecule has 0 aliphatic carbocycles. The minimum Gasteiger partial charge on any atom is -0.394 e. The normalized spacial score (nSPS) is 25.3. The Morgan fingerprint density at radius 1 is 0.722 bits per heavy atom. The van der Waals surface area contributed by atoms with Gasteiger partial charge in [0, 0.05) is 43.3 Å². The molecule has 6 atom stereocenters. The van der Waals surface area contributed by atoms with Gasteiger partial charge in [0.2, 0.25) is 0 Å². The van der Waals surface area contributed by atoms with Gasteiger partial charge in [-0.25, -0.2) is 18.4 Å². The van der Waals surface area contributed by atoms with Gasteiger partial charge in [0.1, 0.15) is 5.60 Å². The Morgan fingerprint density at radius 2 is 1.09 bits per heavy atom. The first-order valence-corrected chi connectivity index (χ1v) is 17.1. The number of ether oxygens (including phenoxy) is 3. The Bertz CT molecular complexity index is 2150. The first-order chi connectivity index (χ1) is 27.3. The van der Waals surface area contributed by atoms with Gasteiger partial charge in [-0.05, 0) is 30.5 Å². The number of aliphatic hydroxyl groups excluding tert-OH is 1. The van der Waals surface area contributed by atoms with Crippen molar-refractivity contribution in [2.45, 2.75) is 75.7 Å². The minimum atomic E-state index is -1.84. The number of benzene rings is 3. The summed E-state index contributed by atoms with van der Waals surface area (Å²) in [6.07, 6.45) is -1.12. The zero-order valence-electron chi connectivity index (χ0n) is 33.1. The van der Waals surface area contributed by atoms with E-state index in [0.29, 0.717) is 0 Å². The summed E-state index contributed by atoms with van der Waals surface area (Å²) in [7, 11) is 0. The van der Waals surface area contributed by atoms with Gasteiger partial charge in [0.05, 0.1) is 25.4 Å². The Hall–Kier alpha value is -5.28. The van der Waals surface area contributed by atoms with Gasteiger partial charge in [-0.1, -0.05) is 98.4 Å². The van der Waals surface area contributed by atoms with E-state index in [9.17, 15) is 23.6 Å². The Labute approximate surface area is 315 Å². The smallest absolute Gasteiger partial charge is 0.330 e. The predicted molar refractivity (Wildman–Crippen MR) is 202 cm³/mol. The largest absolute Gasteiger partial charge is 0.394 e. The first-order valence-electron chi connectivity index (χ1n) is 19.1. The summed E-state index contributed by atoms with van der Waals surface area (Å²) in [5.41, 5.74) is -4.34. The van der Waals surface area contributed by atoms with E-state index in [1.165, 1.54) is 32.3 Å². The highest BCUT2D eigenvalue weighted by Crippen LogP contribution is 2.44. The van der Waals surface area contributed by atoms with Crippen LogP contribution in [0.15, 0.2) is 135 Å². The summed E-state index contributed by atoms with van der Waals surface area (Å²) in [6.45, 7) is 2.46. The van der Waals surface area contributed by atoms with Crippen LogP contribution in [0.25, 0.3) is 0 Å². The van der Waals surface area contributed by atoms with Crippen LogP contribution in [-0.4, -0.2) is 61.0 Å². The van der Waals surface area contributed by atoms with Gasteiger partial charge in [0.25, 0.3) is 11.1 Å². The minimum absolute atomic E-state index is 0. The van der Waals surface area contributed by atoms with Gasteiger partial charge in [-0.2, -0.15) is 0 Å². The van der Waals surface area contributed by atoms with Crippen molar-refractivity contribution in [3.63, 3.8) is 0 Å². The second-order valence-corrected chi connectivity index (χ2v) is 13.5. The molecule has 3 N–H and O–H groups in total. The number of aliphatic hydroxyl groups is 1. The SMILES string of the molecule is C.C[C@@]1(F)C[C@@H](CO)O[C@H]1n1ccc(=O)[nH]c1=O.C[C@@]1(F)C[C@@H](COC(c2ccccc2)(c2ccccc2)c2ccccc2)O[C@H]1n1ccc(=O)[nH]c1=O.[2H][2H].[2H][2H]. The topological polar surface area (TPSA) is 158 Å². The quantitative estimate of drug-likeness (QED) is 0.173. The molecule has 3 aromatic carbocycles. The molecule has 290 valence electrons. The molecular weight excluding hydrogens is 702 g/mol. The maximum Gasteiger partial charge on any atom is 0.330 e. The summed E-state index contributed by atoms with van der Waals surface area (Å²) in [5, 5.41) is 8.94. The third-order valence-corrected chi connectivity index (χ3v) is 9.36. The van der Waals surface area contributed by atoms with Crippen molar-refractivity contribution in [3.05, 3.63) is 174 Å². The highest BCUT2D eigenvalue weighted by atomic mass is 19.1. The first kappa shape index (κ1) is 37.1. The van der Waals surface area contributed by atoms with Crippen molar-refractivity contribution < 1.29 is 34.0 Å². The monoisotopic (exact) mass is 754 g/mol. The Morgan fingerprint density at radius 3 is 1.44 bits per heavy atom. The highest BCUT2D eigenvalue weighted by Gasteiger charge is 2.49. The van der Waals surface area contributed by atoms with Crippen molar-refractivity contribution in [2.24, 2.45) is 0 Å². The van der Waals surface area contributed by atoms with Crippen LogP contribution in [0.5, 0.6) is 0 Å². The van der Waals surface area contributed by atoms with Crippen LogP contribution in [0.1, 0.15) is 69.2 Å². The van der Waals surface area contributed by atoms with Crippen LogP contribution in [0.3, 0.4) is 0 Å². The van der Waals surface area contributed by atoms with E-state index in [1.54, 1.807) is 0 Å². The highest BCUT2D eigenvalue weighted by molar-refractivity contribution is 5.47. The van der Waals surface area contributed by atoms with Crippen molar-refractivity contribution in [2.75, 3.05) is 13.2 Å². The second-order valence-electron chi connectivity index (χ2n) is 13.5. The summed E-state index contributed by atoms with van der Waals surface area (Å²) in [5.74, 6) is 0. The third-order valence-electron chi connectivity index (χ3n) is 9.36. The number of aromatic nitrogens is 4. The standard InChI is InChI=1S/C29H27FN2O4.C10H13FN2O4.CH4.2H2/c1-28(30)19-24(36-26(28)32-18-17-25(33)31-27(32)34)20-35-29(21-11-5-2-6-12-21,22-13-7-3-8-14-22)23-15-9-4-10-16-23;1-10(11)4-6(5-14)17-8(10)13-3-2-7(15)12-9(13)16;;;/h2-18,24,26H,19-20H2,1H3,(H,31,33,34);2-3,6,8,14H,4-5H2,1H3,(H,12,15,16);1H4;2*1H/t24-,26+,28+;6-,8+,10+;;;/m00.../s1/i;;;2*1+1D. The molecule has 2 aromatic heterocycles. The fourth-order valence-electron chi connectivity index (χ4n) is 6.96. The number of rotatable bonds is 9. The number of alkyl halides is 2. The average Bonchev–Trinajstić information content (AvgIpc) is 3.70. The summed E-state index contributed by atoms with van der Waals surface area (Å²) < 4.78 is 69.9. The number of nitrogens with zero attached hydrogens (tertiary/aromatic N) is 2. The lowest BCUT2D eigenvalue weighted by Crippen LogP contribution is -2.38. The van der Waals surface area contributed by atoms with E-state index in [1.807, 2.05) is 96.0 Å². The molecule has 0 saturated carbocycles. The maximum absolute atomic E-state index is 15.6. The van der Waals surface area contributed by atoms with Crippen molar-refractivity contribution in [1.82, 2.24) is 19.1 Å². The van der Waals surface area contributed by atoms with E-state index in [2.05, 4.69) is 4.98 Å². The molecule has 5 aromatic rings. The summed E-state index contributed by atoms with van der Waals surface area (Å²) in [6, 6.07) is 32.0. The van der Waals surface area contributed by atoms with Crippen LogP contribution >= 0.6 is 0 Å². The van der Waals surface area contributed by atoms with E-state index in [-0.39, 0.29) is 33.5 Å². The maximum atomic E-state index is 15.6. The number of halogens is 2. The van der Waals surface area contributed by atoms with Crippen LogP contribution < -0.4 is 22.5 Å². The molecule has 0 amide bonds. The molecule has 14 heteroatoms. The fraction of sp³-hybridized carbons (Fsp3) is 0.350. The molecule has 4 heterocycles. The van der Waals surface area contributed by atoms with E-state index >= 15 is 4.39 Å². The van der Waals surface area contributed by atoms with Gasteiger partial charge in [-0.15, -0.1) is 0 Å². The molecule has 2 aliphatic rings. The fourth-order valence-corrected chi connectivity index (χ4v) is 6.96. The number of H-pyrrole nitrogens is 2. The predicted octanol–water partition coefficient (Wildman–Crippen LogP) is 5.23. The molecule has 0 bridgehead atoms. The van der Waals surface area contributed by atoms with Crippen molar-refractivity contribution in [3.8, 4) is 0 Å². The van der Waals surface area contributed by atoms with Crippen LogP contribution in [-0.2, 0) is 19.8 Å².